The molecule has 0 radical (unpaired) electrons. The number of hydrogen-bond acceptors (Lipinski definition) is 3. The molecule has 3 heterocycles. The summed E-state index contributed by atoms with van der Waals surface area (Å²) in [5, 5.41) is 0.843. The van der Waals surface area contributed by atoms with E-state index < -0.39 is 0 Å². The Morgan fingerprint density at radius 3 is 2.67 bits per heavy atom. The molecule has 1 saturated heterocycles. The number of pyridine rings is 1. The van der Waals surface area contributed by atoms with Crippen LogP contribution in [0.5, 0.6) is 0 Å². The normalized spacial score (nSPS) is 20.3. The van der Waals surface area contributed by atoms with Crippen molar-refractivity contribution < 1.29 is 0 Å². The monoisotopic (exact) mass is 348 g/mol. The zero-order chi connectivity index (χ0) is 14.2. The minimum Gasteiger partial charge on any atom is -0.352 e. The van der Waals surface area contributed by atoms with Gasteiger partial charge in [-0.1, -0.05) is 22.0 Å². The molecule has 2 aliphatic rings. The molecule has 2 aromatic rings. The summed E-state index contributed by atoms with van der Waals surface area (Å²) in [6.07, 6.45) is 4.99. The summed E-state index contributed by atoms with van der Waals surface area (Å²) < 4.78 is 2.20. The maximum Gasteiger partial charge on any atom is 0.152 e. The van der Waals surface area contributed by atoms with Crippen LogP contribution in [0.25, 0.3) is 5.65 Å². The molecule has 1 aliphatic carbocycles. The number of alkyl halides is 1. The number of aromatic nitrogens is 2. The van der Waals surface area contributed by atoms with E-state index in [1.807, 2.05) is 0 Å². The van der Waals surface area contributed by atoms with E-state index in [-0.39, 0.29) is 0 Å². The van der Waals surface area contributed by atoms with Crippen molar-refractivity contribution >= 4 is 27.4 Å². The summed E-state index contributed by atoms with van der Waals surface area (Å²) in [6, 6.07) is 6.20. The number of anilines is 1. The lowest BCUT2D eigenvalue weighted by atomic mass is 10.2. The maximum atomic E-state index is 4.85. The summed E-state index contributed by atoms with van der Waals surface area (Å²) in [5.74, 6) is 2.15. The lowest BCUT2D eigenvalue weighted by Gasteiger charge is -2.35. The van der Waals surface area contributed by atoms with E-state index in [0.717, 1.165) is 35.8 Å². The van der Waals surface area contributed by atoms with Crippen molar-refractivity contribution in [3.63, 3.8) is 0 Å². The Morgan fingerprint density at radius 2 is 1.95 bits per heavy atom. The third kappa shape index (κ3) is 2.69. The molecule has 4 rings (SSSR count). The van der Waals surface area contributed by atoms with Gasteiger partial charge in [0.1, 0.15) is 5.65 Å². The van der Waals surface area contributed by atoms with Gasteiger partial charge in [0.05, 0.1) is 5.69 Å². The van der Waals surface area contributed by atoms with Crippen molar-refractivity contribution in [2.24, 2.45) is 5.92 Å². The highest BCUT2D eigenvalue weighted by molar-refractivity contribution is 9.08. The zero-order valence-corrected chi connectivity index (χ0v) is 13.8. The maximum absolute atomic E-state index is 4.85. The van der Waals surface area contributed by atoms with Crippen molar-refractivity contribution in [3.05, 3.63) is 30.1 Å². The van der Waals surface area contributed by atoms with Gasteiger partial charge in [0.25, 0.3) is 0 Å². The minimum absolute atomic E-state index is 0.843. The summed E-state index contributed by atoms with van der Waals surface area (Å²) in [5.41, 5.74) is 2.31. The van der Waals surface area contributed by atoms with Gasteiger partial charge in [-0.2, -0.15) is 0 Å². The Balaban J connectivity index is 1.53. The van der Waals surface area contributed by atoms with E-state index >= 15 is 0 Å². The van der Waals surface area contributed by atoms with Crippen molar-refractivity contribution in [2.75, 3.05) is 37.6 Å². The highest BCUT2D eigenvalue weighted by Gasteiger charge is 2.27. The molecule has 112 valence electrons. The van der Waals surface area contributed by atoms with Gasteiger partial charge in [-0.05, 0) is 30.9 Å². The lowest BCUT2D eigenvalue weighted by molar-refractivity contribution is 0.247. The second kappa shape index (κ2) is 5.61. The quantitative estimate of drug-likeness (QED) is 0.794. The van der Waals surface area contributed by atoms with Crippen LogP contribution in [-0.2, 0) is 5.33 Å². The van der Waals surface area contributed by atoms with Crippen molar-refractivity contribution in [1.29, 1.82) is 0 Å². The van der Waals surface area contributed by atoms with Gasteiger partial charge in [0, 0.05) is 44.3 Å². The zero-order valence-electron chi connectivity index (χ0n) is 12.2. The minimum atomic E-state index is 0.843. The third-order valence-electron chi connectivity index (χ3n) is 4.62. The van der Waals surface area contributed by atoms with Gasteiger partial charge < -0.3 is 9.30 Å². The Morgan fingerprint density at radius 1 is 1.14 bits per heavy atom. The van der Waals surface area contributed by atoms with Crippen LogP contribution in [0.2, 0.25) is 0 Å². The standard InChI is InChI=1S/C16H21BrN4/c17-11-14-16(18-15-3-1-2-6-21(14)15)20-9-7-19(8-10-20)12-13-4-5-13/h1-3,6,13H,4-5,7-12H2. The number of rotatable bonds is 4. The first-order valence-corrected chi connectivity index (χ1v) is 8.96. The second-order valence-electron chi connectivity index (χ2n) is 6.18. The van der Waals surface area contributed by atoms with E-state index in [0.29, 0.717) is 0 Å². The predicted octanol–water partition coefficient (Wildman–Crippen LogP) is 2.76. The third-order valence-corrected chi connectivity index (χ3v) is 5.15. The van der Waals surface area contributed by atoms with Gasteiger partial charge in [0.2, 0.25) is 0 Å². The van der Waals surface area contributed by atoms with E-state index in [4.69, 9.17) is 4.98 Å². The molecule has 0 spiro atoms. The average molecular weight is 349 g/mol. The smallest absolute Gasteiger partial charge is 0.152 e. The fraction of sp³-hybridized carbons (Fsp3) is 0.562. The topological polar surface area (TPSA) is 23.8 Å². The van der Waals surface area contributed by atoms with Crippen LogP contribution in [-0.4, -0.2) is 47.0 Å². The number of piperazine rings is 1. The number of halogens is 1. The number of hydrogen-bond donors (Lipinski definition) is 0. The predicted molar refractivity (Wildman–Crippen MR) is 89.2 cm³/mol. The van der Waals surface area contributed by atoms with Gasteiger partial charge >= 0.3 is 0 Å². The molecule has 2 fully saturated rings. The van der Waals surface area contributed by atoms with E-state index in [2.05, 4.69) is 54.5 Å². The van der Waals surface area contributed by atoms with E-state index in [9.17, 15) is 0 Å². The van der Waals surface area contributed by atoms with Crippen LogP contribution < -0.4 is 4.90 Å². The van der Waals surface area contributed by atoms with E-state index in [1.165, 1.54) is 38.2 Å². The van der Waals surface area contributed by atoms with Crippen LogP contribution in [0.3, 0.4) is 0 Å². The number of imidazole rings is 1. The molecule has 21 heavy (non-hydrogen) atoms. The number of nitrogens with zero attached hydrogens (tertiary/aromatic N) is 4. The molecule has 0 aromatic carbocycles. The van der Waals surface area contributed by atoms with Crippen LogP contribution in [0.4, 0.5) is 5.82 Å². The molecule has 0 atom stereocenters. The summed E-state index contributed by atoms with van der Waals surface area (Å²) >= 11 is 3.63. The second-order valence-corrected chi connectivity index (χ2v) is 6.74. The first kappa shape index (κ1) is 13.6. The first-order chi connectivity index (χ1) is 10.3. The fourth-order valence-corrected chi connectivity index (χ4v) is 3.74. The molecule has 0 bridgehead atoms. The molecule has 4 nitrogen and oxygen atoms in total. The Bertz CT molecular complexity index is 626. The molecular formula is C16H21BrN4. The Hall–Kier alpha value is -1.07. The van der Waals surface area contributed by atoms with Crippen molar-refractivity contribution in [1.82, 2.24) is 14.3 Å². The van der Waals surface area contributed by atoms with Crippen molar-refractivity contribution in [3.8, 4) is 0 Å². The van der Waals surface area contributed by atoms with Gasteiger partial charge in [-0.3, -0.25) is 4.90 Å². The van der Waals surface area contributed by atoms with Crippen LogP contribution in [0.1, 0.15) is 18.5 Å². The van der Waals surface area contributed by atoms with E-state index in [1.54, 1.807) is 0 Å². The summed E-state index contributed by atoms with van der Waals surface area (Å²) in [6.45, 7) is 5.84. The van der Waals surface area contributed by atoms with Crippen LogP contribution in [0, 0.1) is 5.92 Å². The molecule has 2 aromatic heterocycles. The molecule has 0 amide bonds. The fourth-order valence-electron chi connectivity index (χ4n) is 3.22. The highest BCUT2D eigenvalue weighted by Crippen LogP contribution is 2.30. The first-order valence-electron chi connectivity index (χ1n) is 7.84. The van der Waals surface area contributed by atoms with Gasteiger partial charge in [-0.15, -0.1) is 0 Å². The van der Waals surface area contributed by atoms with Gasteiger partial charge in [0.15, 0.2) is 5.82 Å². The Labute approximate surface area is 133 Å². The molecule has 1 saturated carbocycles. The van der Waals surface area contributed by atoms with Crippen LogP contribution >= 0.6 is 15.9 Å². The van der Waals surface area contributed by atoms with Crippen molar-refractivity contribution in [2.45, 2.75) is 18.2 Å². The molecular weight excluding hydrogens is 328 g/mol. The molecule has 1 aliphatic heterocycles. The molecule has 5 heteroatoms. The van der Waals surface area contributed by atoms with Gasteiger partial charge in [-0.25, -0.2) is 4.98 Å². The summed E-state index contributed by atoms with van der Waals surface area (Å²) in [7, 11) is 0. The lowest BCUT2D eigenvalue weighted by Crippen LogP contribution is -2.47. The van der Waals surface area contributed by atoms with Crippen LogP contribution in [0.15, 0.2) is 24.4 Å². The average Bonchev–Trinajstić information content (AvgIpc) is 3.26. The highest BCUT2D eigenvalue weighted by atomic mass is 79.9. The SMILES string of the molecule is BrCc1c(N2CCN(CC3CC3)CC2)nc2ccccn12. The number of fused-ring (bicyclic) bond motifs is 1. The summed E-state index contributed by atoms with van der Waals surface area (Å²) in [4.78, 5) is 9.92. The molecule has 0 N–H and O–H groups in total. The Kier molecular flexibility index (Phi) is 3.63. The largest absolute Gasteiger partial charge is 0.352 e. The molecule has 0 unspecified atom stereocenters.